The number of rotatable bonds is 9. The summed E-state index contributed by atoms with van der Waals surface area (Å²) in [6.07, 6.45) is 0.107. The molecule has 0 aromatic heterocycles. The van der Waals surface area contributed by atoms with Gasteiger partial charge in [-0.1, -0.05) is 26.0 Å². The predicted octanol–water partition coefficient (Wildman–Crippen LogP) is 3.86. The summed E-state index contributed by atoms with van der Waals surface area (Å²) < 4.78 is 5.62. The van der Waals surface area contributed by atoms with E-state index in [4.69, 9.17) is 15.9 Å². The second kappa shape index (κ2) is 9.78. The van der Waals surface area contributed by atoms with Crippen LogP contribution in [0.1, 0.15) is 33.3 Å². The Bertz CT molecular complexity index is 800. The maximum Gasteiger partial charge on any atom is 0.243 e. The lowest BCUT2D eigenvalue weighted by Crippen LogP contribution is -2.36. The first-order valence-corrected chi connectivity index (χ1v) is 9.50. The molecule has 2 aromatic carbocycles. The summed E-state index contributed by atoms with van der Waals surface area (Å²) in [6.45, 7) is 9.08. The Hall–Kier alpha value is -3.02. The van der Waals surface area contributed by atoms with E-state index >= 15 is 0 Å². The third-order valence-corrected chi connectivity index (χ3v) is 3.95. The van der Waals surface area contributed by atoms with Gasteiger partial charge in [0.15, 0.2) is 0 Å². The molecule has 0 fully saturated rings. The van der Waals surface area contributed by atoms with Gasteiger partial charge in [0.05, 0.1) is 12.6 Å². The molecule has 2 rings (SSSR count). The summed E-state index contributed by atoms with van der Waals surface area (Å²) in [7, 11) is 0. The van der Waals surface area contributed by atoms with Crippen LogP contribution in [-0.4, -0.2) is 30.9 Å². The number of nitrogens with two attached hydrogens (primary N) is 1. The van der Waals surface area contributed by atoms with Gasteiger partial charge in [-0.3, -0.25) is 10.2 Å². The van der Waals surface area contributed by atoms with Gasteiger partial charge in [-0.2, -0.15) is 0 Å². The van der Waals surface area contributed by atoms with Gasteiger partial charge in [-0.15, -0.1) is 0 Å². The smallest absolute Gasteiger partial charge is 0.243 e. The monoisotopic (exact) mass is 382 g/mol. The first-order valence-electron chi connectivity index (χ1n) is 9.50. The maximum atomic E-state index is 12.6. The average molecular weight is 383 g/mol. The fraction of sp³-hybridized carbons (Fsp3) is 0.364. The fourth-order valence-electron chi connectivity index (χ4n) is 2.84. The molecule has 0 spiro atoms. The molecular formula is C22H30N4O2. The van der Waals surface area contributed by atoms with Gasteiger partial charge in [0.1, 0.15) is 11.6 Å². The summed E-state index contributed by atoms with van der Waals surface area (Å²) in [6, 6.07) is 14.8. The SMILES string of the molecule is CC(C)CN(CC(=O)Nc1ccc(OC(C)C)cc1)c1cccc(C(=N)N)c1. The lowest BCUT2D eigenvalue weighted by atomic mass is 10.1. The summed E-state index contributed by atoms with van der Waals surface area (Å²) in [4.78, 5) is 14.6. The number of anilines is 2. The number of amidine groups is 1. The van der Waals surface area contributed by atoms with Gasteiger partial charge in [-0.05, 0) is 56.2 Å². The van der Waals surface area contributed by atoms with Gasteiger partial charge >= 0.3 is 0 Å². The van der Waals surface area contributed by atoms with E-state index in [-0.39, 0.29) is 24.4 Å². The van der Waals surface area contributed by atoms with Crippen molar-refractivity contribution in [3.05, 3.63) is 54.1 Å². The Kier molecular flexibility index (Phi) is 7.44. The molecule has 1 amide bonds. The van der Waals surface area contributed by atoms with Crippen LogP contribution >= 0.6 is 0 Å². The van der Waals surface area contributed by atoms with Crippen LogP contribution in [0.5, 0.6) is 5.75 Å². The molecule has 0 heterocycles. The van der Waals surface area contributed by atoms with Gasteiger partial charge in [-0.25, -0.2) is 0 Å². The number of carbonyl (C=O) groups is 1. The van der Waals surface area contributed by atoms with Gasteiger partial charge in [0, 0.05) is 23.5 Å². The van der Waals surface area contributed by atoms with Crippen LogP contribution in [-0.2, 0) is 4.79 Å². The number of nitrogens with one attached hydrogen (secondary N) is 2. The number of ether oxygens (including phenoxy) is 1. The number of hydrogen-bond acceptors (Lipinski definition) is 4. The number of carbonyl (C=O) groups excluding carboxylic acids is 1. The van der Waals surface area contributed by atoms with Crippen molar-refractivity contribution in [3.63, 3.8) is 0 Å². The highest BCUT2D eigenvalue weighted by molar-refractivity contribution is 5.97. The third kappa shape index (κ3) is 6.61. The van der Waals surface area contributed by atoms with Crippen LogP contribution in [0.4, 0.5) is 11.4 Å². The zero-order valence-corrected chi connectivity index (χ0v) is 17.0. The molecule has 6 nitrogen and oxygen atoms in total. The first kappa shape index (κ1) is 21.3. The topological polar surface area (TPSA) is 91.4 Å². The van der Waals surface area contributed by atoms with Crippen LogP contribution in [0, 0.1) is 11.3 Å². The highest BCUT2D eigenvalue weighted by Gasteiger charge is 2.14. The summed E-state index contributed by atoms with van der Waals surface area (Å²) >= 11 is 0. The van der Waals surface area contributed by atoms with E-state index in [1.165, 1.54) is 0 Å². The van der Waals surface area contributed by atoms with E-state index in [9.17, 15) is 4.79 Å². The summed E-state index contributed by atoms with van der Waals surface area (Å²) in [5.74, 6) is 1.06. The van der Waals surface area contributed by atoms with E-state index in [0.29, 0.717) is 11.5 Å². The Morgan fingerprint density at radius 3 is 2.39 bits per heavy atom. The molecular weight excluding hydrogens is 352 g/mol. The molecule has 0 aliphatic rings. The zero-order chi connectivity index (χ0) is 20.7. The van der Waals surface area contributed by atoms with Crippen LogP contribution in [0.2, 0.25) is 0 Å². The van der Waals surface area contributed by atoms with Gasteiger partial charge in [0.2, 0.25) is 5.91 Å². The molecule has 28 heavy (non-hydrogen) atoms. The van der Waals surface area contributed by atoms with Crippen molar-refractivity contribution in [2.75, 3.05) is 23.3 Å². The average Bonchev–Trinajstić information content (AvgIpc) is 2.62. The molecule has 150 valence electrons. The van der Waals surface area contributed by atoms with Crippen molar-refractivity contribution in [2.24, 2.45) is 11.7 Å². The number of benzene rings is 2. The first-order chi connectivity index (χ1) is 13.2. The van der Waals surface area contributed by atoms with Gasteiger partial charge < -0.3 is 20.7 Å². The van der Waals surface area contributed by atoms with Crippen LogP contribution < -0.4 is 20.7 Å². The van der Waals surface area contributed by atoms with Crippen LogP contribution in [0.15, 0.2) is 48.5 Å². The van der Waals surface area contributed by atoms with E-state index in [1.54, 1.807) is 6.07 Å². The number of nitrogens with zero attached hydrogens (tertiary/aromatic N) is 1. The third-order valence-electron chi connectivity index (χ3n) is 3.95. The second-order valence-electron chi connectivity index (χ2n) is 7.48. The van der Waals surface area contributed by atoms with Crippen molar-refractivity contribution in [1.82, 2.24) is 0 Å². The summed E-state index contributed by atoms with van der Waals surface area (Å²) in [5, 5.41) is 10.6. The summed E-state index contributed by atoms with van der Waals surface area (Å²) in [5.41, 5.74) is 7.85. The number of nitrogen functional groups attached to an aromatic ring is 1. The Balaban J connectivity index is 2.08. The van der Waals surface area contributed by atoms with Crippen molar-refractivity contribution in [2.45, 2.75) is 33.8 Å². The standard InChI is InChI=1S/C22H30N4O2/c1-15(2)13-26(19-7-5-6-17(12-19)22(23)24)14-21(27)25-18-8-10-20(11-9-18)28-16(3)4/h5-12,15-16H,13-14H2,1-4H3,(H3,23,24)(H,25,27). The molecule has 2 aromatic rings. The zero-order valence-electron chi connectivity index (χ0n) is 17.0. The number of hydrogen-bond donors (Lipinski definition) is 3. The normalized spacial score (nSPS) is 10.8. The Labute approximate surface area is 167 Å². The predicted molar refractivity (Wildman–Crippen MR) is 115 cm³/mol. The van der Waals surface area contributed by atoms with E-state index in [2.05, 4.69) is 19.2 Å². The van der Waals surface area contributed by atoms with Crippen LogP contribution in [0.25, 0.3) is 0 Å². The molecule has 0 saturated heterocycles. The highest BCUT2D eigenvalue weighted by Crippen LogP contribution is 2.19. The van der Waals surface area contributed by atoms with E-state index < -0.39 is 0 Å². The van der Waals surface area contributed by atoms with Crippen LogP contribution in [0.3, 0.4) is 0 Å². The quantitative estimate of drug-likeness (QED) is 0.454. The lowest BCUT2D eigenvalue weighted by Gasteiger charge is -2.26. The molecule has 0 unspecified atom stereocenters. The minimum atomic E-state index is -0.105. The fourth-order valence-corrected chi connectivity index (χ4v) is 2.84. The molecule has 0 saturated carbocycles. The molecule has 0 bridgehead atoms. The lowest BCUT2D eigenvalue weighted by molar-refractivity contribution is -0.115. The molecule has 6 heteroatoms. The highest BCUT2D eigenvalue weighted by atomic mass is 16.5. The number of amides is 1. The molecule has 0 aliphatic carbocycles. The van der Waals surface area contributed by atoms with Crippen molar-refractivity contribution < 1.29 is 9.53 Å². The molecule has 4 N–H and O–H groups in total. The molecule has 0 atom stereocenters. The van der Waals surface area contributed by atoms with Crippen molar-refractivity contribution >= 4 is 23.1 Å². The molecule has 0 radical (unpaired) electrons. The second-order valence-corrected chi connectivity index (χ2v) is 7.48. The van der Waals surface area contributed by atoms with Crippen molar-refractivity contribution in [1.29, 1.82) is 5.41 Å². The molecule has 0 aliphatic heterocycles. The Morgan fingerprint density at radius 1 is 1.14 bits per heavy atom. The largest absolute Gasteiger partial charge is 0.491 e. The van der Waals surface area contributed by atoms with Gasteiger partial charge in [0.25, 0.3) is 0 Å². The Morgan fingerprint density at radius 2 is 1.82 bits per heavy atom. The minimum Gasteiger partial charge on any atom is -0.491 e. The van der Waals surface area contributed by atoms with E-state index in [0.717, 1.165) is 23.7 Å². The van der Waals surface area contributed by atoms with Crippen molar-refractivity contribution in [3.8, 4) is 5.75 Å². The minimum absolute atomic E-state index is 0.0134. The maximum absolute atomic E-state index is 12.6. The van der Waals surface area contributed by atoms with E-state index in [1.807, 2.05) is 61.2 Å².